The van der Waals surface area contributed by atoms with Crippen molar-refractivity contribution in [1.29, 1.82) is 0 Å². The van der Waals surface area contributed by atoms with Crippen LogP contribution in [0.5, 0.6) is 11.5 Å². The van der Waals surface area contributed by atoms with E-state index in [4.69, 9.17) is 14.0 Å². The monoisotopic (exact) mass is 357 g/mol. The Morgan fingerprint density at radius 2 is 2.08 bits per heavy atom. The number of nitrogens with zero attached hydrogens (tertiary/aromatic N) is 2. The number of benzene rings is 1. The minimum atomic E-state index is -0.333. The molecule has 128 valence electrons. The van der Waals surface area contributed by atoms with Crippen molar-refractivity contribution in [2.45, 2.75) is 20.3 Å². The number of fused-ring (bicyclic) bond motifs is 1. The maximum atomic E-state index is 12.1. The molecule has 0 fully saturated rings. The zero-order valence-corrected chi connectivity index (χ0v) is 14.5. The van der Waals surface area contributed by atoms with E-state index in [0.717, 1.165) is 27.6 Å². The molecule has 1 aliphatic rings. The third kappa shape index (κ3) is 3.20. The lowest BCUT2D eigenvalue weighted by atomic mass is 10.1. The van der Waals surface area contributed by atoms with E-state index >= 15 is 0 Å². The zero-order valence-electron chi connectivity index (χ0n) is 13.7. The van der Waals surface area contributed by atoms with Crippen LogP contribution in [0.15, 0.2) is 28.8 Å². The van der Waals surface area contributed by atoms with Gasteiger partial charge in [-0.25, -0.2) is 4.98 Å². The van der Waals surface area contributed by atoms with Crippen LogP contribution in [-0.2, 0) is 6.42 Å². The van der Waals surface area contributed by atoms with Gasteiger partial charge < -0.3 is 14.0 Å². The molecule has 3 aromatic rings. The van der Waals surface area contributed by atoms with Gasteiger partial charge in [-0.05, 0) is 31.5 Å². The van der Waals surface area contributed by atoms with E-state index in [1.807, 2.05) is 25.1 Å². The van der Waals surface area contributed by atoms with Crippen molar-refractivity contribution >= 4 is 22.4 Å². The van der Waals surface area contributed by atoms with E-state index in [1.54, 1.807) is 13.0 Å². The summed E-state index contributed by atoms with van der Waals surface area (Å²) in [5, 5.41) is 7.01. The first kappa shape index (κ1) is 15.6. The maximum Gasteiger partial charge on any atom is 0.279 e. The summed E-state index contributed by atoms with van der Waals surface area (Å²) in [5.41, 5.74) is 2.22. The summed E-state index contributed by atoms with van der Waals surface area (Å²) in [4.78, 5) is 17.6. The molecule has 25 heavy (non-hydrogen) atoms. The SMILES string of the molecule is Cc1cc(C(=O)Nc2nc(C)c(Cc3ccc4c(c3)OCO4)s2)no1. The number of thiazole rings is 1. The van der Waals surface area contributed by atoms with Crippen molar-refractivity contribution in [2.24, 2.45) is 0 Å². The van der Waals surface area contributed by atoms with Gasteiger partial charge in [-0.1, -0.05) is 11.2 Å². The molecule has 0 unspecified atom stereocenters. The molecule has 8 heteroatoms. The summed E-state index contributed by atoms with van der Waals surface area (Å²) in [5.74, 6) is 1.78. The summed E-state index contributed by atoms with van der Waals surface area (Å²) in [6.45, 7) is 3.92. The number of carbonyl (C=O) groups is 1. The highest BCUT2D eigenvalue weighted by Crippen LogP contribution is 2.34. The third-order valence-electron chi connectivity index (χ3n) is 3.78. The van der Waals surface area contributed by atoms with E-state index in [-0.39, 0.29) is 18.4 Å². The highest BCUT2D eigenvalue weighted by atomic mass is 32.1. The second kappa shape index (κ2) is 6.21. The number of rotatable bonds is 4. The molecular formula is C17H15N3O4S. The highest BCUT2D eigenvalue weighted by Gasteiger charge is 2.17. The minimum absolute atomic E-state index is 0.239. The van der Waals surface area contributed by atoms with Gasteiger partial charge in [0.05, 0.1) is 5.69 Å². The number of carbonyl (C=O) groups excluding carboxylic acids is 1. The quantitative estimate of drug-likeness (QED) is 0.771. The Kier molecular flexibility index (Phi) is 3.89. The molecule has 0 saturated heterocycles. The van der Waals surface area contributed by atoms with Crippen molar-refractivity contribution in [3.8, 4) is 11.5 Å². The average Bonchev–Trinajstić information content (AvgIpc) is 3.28. The molecule has 0 atom stereocenters. The van der Waals surface area contributed by atoms with Crippen LogP contribution in [0, 0.1) is 13.8 Å². The van der Waals surface area contributed by atoms with Crippen molar-refractivity contribution in [3.63, 3.8) is 0 Å². The molecule has 1 aliphatic heterocycles. The topological polar surface area (TPSA) is 86.5 Å². The second-order valence-electron chi connectivity index (χ2n) is 5.67. The molecule has 0 radical (unpaired) electrons. The first-order valence-electron chi connectivity index (χ1n) is 7.68. The normalized spacial score (nSPS) is 12.4. The number of aryl methyl sites for hydroxylation is 2. The molecule has 1 amide bonds. The Balaban J connectivity index is 1.49. The standard InChI is InChI=1S/C17H15N3O4S/c1-9-5-12(20-24-9)16(21)19-17-18-10(2)15(25-17)7-11-3-4-13-14(6-11)23-8-22-13/h3-6H,7-8H2,1-2H3,(H,18,19,21). The van der Waals surface area contributed by atoms with Crippen molar-refractivity contribution in [3.05, 3.63) is 51.9 Å². The fourth-order valence-corrected chi connectivity index (χ4v) is 3.51. The van der Waals surface area contributed by atoms with Gasteiger partial charge in [0.25, 0.3) is 5.91 Å². The van der Waals surface area contributed by atoms with Gasteiger partial charge in [0.15, 0.2) is 22.3 Å². The van der Waals surface area contributed by atoms with Crippen molar-refractivity contribution in [2.75, 3.05) is 12.1 Å². The molecule has 2 aromatic heterocycles. The molecule has 1 aromatic carbocycles. The van der Waals surface area contributed by atoms with E-state index in [9.17, 15) is 4.79 Å². The van der Waals surface area contributed by atoms with Gasteiger partial charge in [0.1, 0.15) is 5.76 Å². The smallest absolute Gasteiger partial charge is 0.279 e. The summed E-state index contributed by atoms with van der Waals surface area (Å²) in [6, 6.07) is 7.47. The molecule has 7 nitrogen and oxygen atoms in total. The molecule has 0 spiro atoms. The number of aromatic nitrogens is 2. The van der Waals surface area contributed by atoms with Gasteiger partial charge in [-0.3, -0.25) is 10.1 Å². The van der Waals surface area contributed by atoms with Crippen LogP contribution in [0.4, 0.5) is 5.13 Å². The fraction of sp³-hybridized carbons (Fsp3) is 0.235. The molecule has 0 saturated carbocycles. The minimum Gasteiger partial charge on any atom is -0.454 e. The lowest BCUT2D eigenvalue weighted by Gasteiger charge is -2.02. The molecular weight excluding hydrogens is 342 g/mol. The van der Waals surface area contributed by atoms with Gasteiger partial charge in [0.2, 0.25) is 6.79 Å². The van der Waals surface area contributed by atoms with Crippen molar-refractivity contribution in [1.82, 2.24) is 10.1 Å². The van der Waals surface area contributed by atoms with Crippen LogP contribution in [0.3, 0.4) is 0 Å². The molecule has 1 N–H and O–H groups in total. The molecule has 3 heterocycles. The van der Waals surface area contributed by atoms with Gasteiger partial charge in [0, 0.05) is 17.4 Å². The van der Waals surface area contributed by atoms with E-state index in [1.165, 1.54) is 11.3 Å². The predicted molar refractivity (Wildman–Crippen MR) is 91.4 cm³/mol. The number of nitrogens with one attached hydrogen (secondary N) is 1. The Labute approximate surface area is 147 Å². The van der Waals surface area contributed by atoms with Crippen LogP contribution < -0.4 is 14.8 Å². The van der Waals surface area contributed by atoms with Crippen LogP contribution in [0.1, 0.15) is 32.4 Å². The first-order chi connectivity index (χ1) is 12.1. The van der Waals surface area contributed by atoms with E-state index < -0.39 is 0 Å². The van der Waals surface area contributed by atoms with Gasteiger partial charge in [-0.15, -0.1) is 11.3 Å². The maximum absolute atomic E-state index is 12.1. The second-order valence-corrected chi connectivity index (χ2v) is 6.75. The summed E-state index contributed by atoms with van der Waals surface area (Å²) in [7, 11) is 0. The Morgan fingerprint density at radius 1 is 1.24 bits per heavy atom. The van der Waals surface area contributed by atoms with Crippen LogP contribution >= 0.6 is 11.3 Å². The third-order valence-corrected chi connectivity index (χ3v) is 4.85. The summed E-state index contributed by atoms with van der Waals surface area (Å²) >= 11 is 1.44. The van der Waals surface area contributed by atoms with Gasteiger partial charge >= 0.3 is 0 Å². The number of anilines is 1. The number of ether oxygens (including phenoxy) is 2. The Hall–Kier alpha value is -2.87. The molecule has 0 bridgehead atoms. The zero-order chi connectivity index (χ0) is 17.4. The summed E-state index contributed by atoms with van der Waals surface area (Å²) in [6.07, 6.45) is 0.707. The fourth-order valence-electron chi connectivity index (χ4n) is 2.52. The van der Waals surface area contributed by atoms with Crippen LogP contribution in [0.25, 0.3) is 0 Å². The van der Waals surface area contributed by atoms with E-state index in [2.05, 4.69) is 15.5 Å². The molecule has 0 aliphatic carbocycles. The lowest BCUT2D eigenvalue weighted by molar-refractivity contribution is 0.101. The largest absolute Gasteiger partial charge is 0.454 e. The lowest BCUT2D eigenvalue weighted by Crippen LogP contribution is -2.11. The number of hydrogen-bond acceptors (Lipinski definition) is 7. The van der Waals surface area contributed by atoms with Crippen molar-refractivity contribution < 1.29 is 18.8 Å². The Morgan fingerprint density at radius 3 is 2.88 bits per heavy atom. The molecule has 4 rings (SSSR count). The first-order valence-corrected chi connectivity index (χ1v) is 8.49. The van der Waals surface area contributed by atoms with Gasteiger partial charge in [-0.2, -0.15) is 0 Å². The van der Waals surface area contributed by atoms with Crippen LogP contribution in [-0.4, -0.2) is 22.8 Å². The number of amides is 1. The van der Waals surface area contributed by atoms with E-state index in [0.29, 0.717) is 17.3 Å². The summed E-state index contributed by atoms with van der Waals surface area (Å²) < 4.78 is 15.7. The average molecular weight is 357 g/mol. The highest BCUT2D eigenvalue weighted by molar-refractivity contribution is 7.15. The van der Waals surface area contributed by atoms with Crippen LogP contribution in [0.2, 0.25) is 0 Å². The predicted octanol–water partition coefficient (Wildman–Crippen LogP) is 3.32. The number of hydrogen-bond donors (Lipinski definition) is 1. The Bertz CT molecular complexity index is 947.